The van der Waals surface area contributed by atoms with Crippen molar-refractivity contribution in [1.29, 1.82) is 0 Å². The fourth-order valence-electron chi connectivity index (χ4n) is 5.36. The number of nitrogens with zero attached hydrogens (tertiary/aromatic N) is 2. The molecule has 42 heavy (non-hydrogen) atoms. The van der Waals surface area contributed by atoms with Gasteiger partial charge < -0.3 is 14.9 Å². The van der Waals surface area contributed by atoms with Crippen LogP contribution in [-0.2, 0) is 6.42 Å². The van der Waals surface area contributed by atoms with E-state index in [1.165, 1.54) is 5.56 Å². The first-order valence-corrected chi connectivity index (χ1v) is 14.5. The molecular formula is C39H34N2O. The molecular weight excluding hydrogens is 512 g/mol. The van der Waals surface area contributed by atoms with E-state index in [4.69, 9.17) is 0 Å². The van der Waals surface area contributed by atoms with Crippen LogP contribution in [0.3, 0.4) is 0 Å². The van der Waals surface area contributed by atoms with E-state index in [0.717, 1.165) is 58.1 Å². The van der Waals surface area contributed by atoms with Gasteiger partial charge in [-0.1, -0.05) is 86.1 Å². The summed E-state index contributed by atoms with van der Waals surface area (Å²) in [4.78, 5) is 4.49. The van der Waals surface area contributed by atoms with E-state index < -0.39 is 0 Å². The maximum absolute atomic E-state index is 9.90. The maximum atomic E-state index is 9.90. The molecule has 3 heteroatoms. The van der Waals surface area contributed by atoms with Crippen LogP contribution in [0.25, 0.3) is 11.1 Å². The highest BCUT2D eigenvalue weighted by molar-refractivity contribution is 5.80. The molecule has 0 aliphatic heterocycles. The van der Waals surface area contributed by atoms with Gasteiger partial charge >= 0.3 is 0 Å². The Hall–Kier alpha value is -5.28. The number of hydrogen-bond donors (Lipinski definition) is 1. The molecule has 0 aliphatic rings. The molecule has 6 rings (SSSR count). The molecule has 0 unspecified atom stereocenters. The summed E-state index contributed by atoms with van der Waals surface area (Å²) in [7, 11) is 0. The highest BCUT2D eigenvalue weighted by Crippen LogP contribution is 2.38. The van der Waals surface area contributed by atoms with Crippen molar-refractivity contribution in [2.75, 3.05) is 9.80 Å². The van der Waals surface area contributed by atoms with Crippen molar-refractivity contribution in [3.8, 4) is 16.9 Å². The molecule has 206 valence electrons. The third-order valence-corrected chi connectivity index (χ3v) is 7.45. The lowest BCUT2D eigenvalue weighted by Crippen LogP contribution is -2.10. The summed E-state index contributed by atoms with van der Waals surface area (Å²) in [6.45, 7) is 2.20. The minimum Gasteiger partial charge on any atom is -0.508 e. The minimum atomic E-state index is 0.258. The zero-order valence-electron chi connectivity index (χ0n) is 23.8. The number of aryl methyl sites for hydroxylation is 1. The van der Waals surface area contributed by atoms with Crippen LogP contribution in [0.5, 0.6) is 5.75 Å². The van der Waals surface area contributed by atoms with E-state index in [9.17, 15) is 5.11 Å². The predicted octanol–water partition coefficient (Wildman–Crippen LogP) is 11.0. The molecule has 0 atom stereocenters. The second-order valence-electron chi connectivity index (χ2n) is 10.4. The number of para-hydroxylation sites is 2. The molecule has 0 amide bonds. The zero-order valence-corrected chi connectivity index (χ0v) is 23.8. The minimum absolute atomic E-state index is 0.258. The molecule has 1 N–H and O–H groups in total. The van der Waals surface area contributed by atoms with Crippen LogP contribution in [0.1, 0.15) is 18.9 Å². The Labute approximate surface area is 248 Å². The Bertz CT molecular complexity index is 1660. The molecule has 0 spiro atoms. The molecule has 0 aromatic heterocycles. The molecule has 0 saturated heterocycles. The summed E-state index contributed by atoms with van der Waals surface area (Å²) >= 11 is 0. The number of benzene rings is 6. The van der Waals surface area contributed by atoms with E-state index >= 15 is 0 Å². The SMILES string of the molecule is CCCc1ccc(N(c2ccc(O)cc2)c2ccc(-c3ccc(N(c4ccccc4)c4ccccc4)cc3)cc2)cc1. The molecule has 0 fully saturated rings. The standard InChI is InChI=1S/C39H34N2O/c1-2-9-30-14-20-35(21-15-30)41(38-26-28-39(42)29-27-38)37-24-18-32(19-25-37)31-16-22-36(23-17-31)40(33-10-5-3-6-11-33)34-12-7-4-8-13-34/h3-8,10-29,42H,2,9H2,1H3. The summed E-state index contributed by atoms with van der Waals surface area (Å²) in [6, 6.07) is 54.5. The van der Waals surface area contributed by atoms with Gasteiger partial charge in [0.2, 0.25) is 0 Å². The highest BCUT2D eigenvalue weighted by atomic mass is 16.3. The Morgan fingerprint density at radius 2 is 0.738 bits per heavy atom. The van der Waals surface area contributed by atoms with Gasteiger partial charge in [0.1, 0.15) is 5.75 Å². The van der Waals surface area contributed by atoms with Gasteiger partial charge in [-0.05, 0) is 108 Å². The van der Waals surface area contributed by atoms with E-state index in [1.807, 2.05) is 24.3 Å². The summed E-state index contributed by atoms with van der Waals surface area (Å²) in [6.07, 6.45) is 2.20. The van der Waals surface area contributed by atoms with E-state index in [0.29, 0.717) is 0 Å². The van der Waals surface area contributed by atoms with Gasteiger partial charge in [-0.2, -0.15) is 0 Å². The van der Waals surface area contributed by atoms with Gasteiger partial charge in [0.05, 0.1) is 0 Å². The molecule has 6 aromatic carbocycles. The van der Waals surface area contributed by atoms with Gasteiger partial charge in [-0.25, -0.2) is 0 Å². The summed E-state index contributed by atoms with van der Waals surface area (Å²) in [5.74, 6) is 0.258. The number of rotatable bonds is 9. The lowest BCUT2D eigenvalue weighted by molar-refractivity contribution is 0.475. The van der Waals surface area contributed by atoms with Crippen LogP contribution in [0.4, 0.5) is 34.1 Å². The fraction of sp³-hybridized carbons (Fsp3) is 0.0769. The number of phenolic OH excluding ortho intramolecular Hbond substituents is 1. The first kappa shape index (κ1) is 26.9. The van der Waals surface area contributed by atoms with E-state index in [1.54, 1.807) is 12.1 Å². The monoisotopic (exact) mass is 546 g/mol. The Morgan fingerprint density at radius 3 is 1.12 bits per heavy atom. The largest absolute Gasteiger partial charge is 0.508 e. The van der Waals surface area contributed by atoms with Gasteiger partial charge in [0.15, 0.2) is 0 Å². The van der Waals surface area contributed by atoms with Crippen molar-refractivity contribution in [1.82, 2.24) is 0 Å². The molecule has 6 aromatic rings. The number of anilines is 6. The van der Waals surface area contributed by atoms with Crippen molar-refractivity contribution >= 4 is 34.1 Å². The number of phenols is 1. The topological polar surface area (TPSA) is 26.7 Å². The third-order valence-electron chi connectivity index (χ3n) is 7.45. The molecule has 0 heterocycles. The van der Waals surface area contributed by atoms with Crippen LogP contribution in [0.2, 0.25) is 0 Å². The zero-order chi connectivity index (χ0) is 28.7. The van der Waals surface area contributed by atoms with Gasteiger partial charge in [0.25, 0.3) is 0 Å². The van der Waals surface area contributed by atoms with Crippen molar-refractivity contribution in [2.45, 2.75) is 19.8 Å². The molecule has 0 radical (unpaired) electrons. The smallest absolute Gasteiger partial charge is 0.115 e. The second kappa shape index (κ2) is 12.5. The van der Waals surface area contributed by atoms with Gasteiger partial charge in [-0.3, -0.25) is 0 Å². The fourth-order valence-corrected chi connectivity index (χ4v) is 5.36. The van der Waals surface area contributed by atoms with Crippen molar-refractivity contribution in [2.24, 2.45) is 0 Å². The highest BCUT2D eigenvalue weighted by Gasteiger charge is 2.14. The lowest BCUT2D eigenvalue weighted by Gasteiger charge is -2.26. The number of aromatic hydroxyl groups is 1. The van der Waals surface area contributed by atoms with Crippen LogP contribution >= 0.6 is 0 Å². The van der Waals surface area contributed by atoms with E-state index in [-0.39, 0.29) is 5.75 Å². The summed E-state index contributed by atoms with van der Waals surface area (Å²) in [5, 5.41) is 9.90. The Balaban J connectivity index is 1.30. The molecule has 0 saturated carbocycles. The van der Waals surface area contributed by atoms with Gasteiger partial charge in [-0.15, -0.1) is 0 Å². The Kier molecular flexibility index (Phi) is 8.00. The van der Waals surface area contributed by atoms with Crippen LogP contribution in [0, 0.1) is 0 Å². The van der Waals surface area contributed by atoms with E-state index in [2.05, 4.69) is 138 Å². The van der Waals surface area contributed by atoms with Crippen LogP contribution in [0.15, 0.2) is 158 Å². The molecule has 0 aliphatic carbocycles. The first-order valence-electron chi connectivity index (χ1n) is 14.5. The maximum Gasteiger partial charge on any atom is 0.115 e. The summed E-state index contributed by atoms with van der Waals surface area (Å²) < 4.78 is 0. The lowest BCUT2D eigenvalue weighted by atomic mass is 10.0. The van der Waals surface area contributed by atoms with Crippen molar-refractivity contribution in [3.63, 3.8) is 0 Å². The van der Waals surface area contributed by atoms with Crippen molar-refractivity contribution < 1.29 is 5.11 Å². The predicted molar refractivity (Wildman–Crippen MR) is 177 cm³/mol. The van der Waals surface area contributed by atoms with Crippen LogP contribution < -0.4 is 9.80 Å². The third kappa shape index (κ3) is 5.91. The van der Waals surface area contributed by atoms with Gasteiger partial charge in [0, 0.05) is 34.1 Å². The second-order valence-corrected chi connectivity index (χ2v) is 10.4. The quantitative estimate of drug-likeness (QED) is 0.195. The number of hydrogen-bond acceptors (Lipinski definition) is 3. The first-order chi connectivity index (χ1) is 20.7. The summed E-state index contributed by atoms with van der Waals surface area (Å²) in [5.41, 5.74) is 10.1. The Morgan fingerprint density at radius 1 is 0.405 bits per heavy atom. The average molecular weight is 547 g/mol. The molecule has 3 nitrogen and oxygen atoms in total. The average Bonchev–Trinajstić information content (AvgIpc) is 3.05. The van der Waals surface area contributed by atoms with Crippen LogP contribution in [-0.4, -0.2) is 5.11 Å². The van der Waals surface area contributed by atoms with Crippen molar-refractivity contribution in [3.05, 3.63) is 163 Å². The normalized spacial score (nSPS) is 10.8. The molecule has 0 bridgehead atoms.